The standard InChI is InChI=1S/C15H23ClN2O/c1-11(13-5-3-4-6-14(13)16)18(2)9-12-10-19-8-7-15(12)17/h3-6,11-12,15H,7-10,17H2,1-2H3. The predicted molar refractivity (Wildman–Crippen MR) is 79.4 cm³/mol. The lowest BCUT2D eigenvalue weighted by Crippen LogP contribution is -2.44. The first kappa shape index (κ1) is 14.8. The Balaban J connectivity index is 1.99. The third-order valence-corrected chi connectivity index (χ3v) is 4.42. The van der Waals surface area contributed by atoms with Gasteiger partial charge in [0.1, 0.15) is 0 Å². The first-order valence-electron chi connectivity index (χ1n) is 6.87. The van der Waals surface area contributed by atoms with Crippen LogP contribution in [-0.4, -0.2) is 37.7 Å². The molecule has 1 saturated heterocycles. The molecule has 106 valence electrons. The average Bonchev–Trinajstić information content (AvgIpc) is 2.41. The quantitative estimate of drug-likeness (QED) is 0.923. The zero-order valence-electron chi connectivity index (χ0n) is 11.7. The first-order chi connectivity index (χ1) is 9.09. The molecule has 2 rings (SSSR count). The molecule has 3 atom stereocenters. The molecule has 0 radical (unpaired) electrons. The molecule has 0 aromatic heterocycles. The summed E-state index contributed by atoms with van der Waals surface area (Å²) in [5.41, 5.74) is 7.33. The maximum atomic E-state index is 6.26. The van der Waals surface area contributed by atoms with Gasteiger partial charge in [-0.15, -0.1) is 0 Å². The number of hydrogen-bond acceptors (Lipinski definition) is 3. The van der Waals surface area contributed by atoms with Crippen molar-refractivity contribution in [3.8, 4) is 0 Å². The Labute approximate surface area is 120 Å². The van der Waals surface area contributed by atoms with Crippen LogP contribution in [0.15, 0.2) is 24.3 Å². The van der Waals surface area contributed by atoms with E-state index in [1.54, 1.807) is 0 Å². The summed E-state index contributed by atoms with van der Waals surface area (Å²) >= 11 is 6.26. The molecule has 0 amide bonds. The lowest BCUT2D eigenvalue weighted by molar-refractivity contribution is 0.0248. The Morgan fingerprint density at radius 3 is 2.89 bits per heavy atom. The van der Waals surface area contributed by atoms with Gasteiger partial charge < -0.3 is 10.5 Å². The molecule has 3 unspecified atom stereocenters. The zero-order valence-corrected chi connectivity index (χ0v) is 12.4. The Morgan fingerprint density at radius 1 is 1.47 bits per heavy atom. The molecular weight excluding hydrogens is 260 g/mol. The van der Waals surface area contributed by atoms with Crippen molar-refractivity contribution >= 4 is 11.6 Å². The fourth-order valence-corrected chi connectivity index (χ4v) is 2.87. The average molecular weight is 283 g/mol. The van der Waals surface area contributed by atoms with Crippen molar-refractivity contribution in [2.75, 3.05) is 26.8 Å². The highest BCUT2D eigenvalue weighted by Crippen LogP contribution is 2.27. The second kappa shape index (κ2) is 6.71. The highest BCUT2D eigenvalue weighted by molar-refractivity contribution is 6.31. The van der Waals surface area contributed by atoms with Gasteiger partial charge in [-0.2, -0.15) is 0 Å². The van der Waals surface area contributed by atoms with Crippen LogP contribution in [0.3, 0.4) is 0 Å². The molecule has 0 bridgehead atoms. The monoisotopic (exact) mass is 282 g/mol. The van der Waals surface area contributed by atoms with Gasteiger partial charge in [0.25, 0.3) is 0 Å². The fourth-order valence-electron chi connectivity index (χ4n) is 2.58. The number of nitrogens with two attached hydrogens (primary N) is 1. The number of ether oxygens (including phenoxy) is 1. The van der Waals surface area contributed by atoms with Gasteiger partial charge in [0, 0.05) is 36.2 Å². The fraction of sp³-hybridized carbons (Fsp3) is 0.600. The maximum absolute atomic E-state index is 6.26. The molecule has 2 N–H and O–H groups in total. The predicted octanol–water partition coefficient (Wildman–Crippen LogP) is 2.70. The van der Waals surface area contributed by atoms with E-state index >= 15 is 0 Å². The van der Waals surface area contributed by atoms with Gasteiger partial charge in [-0.05, 0) is 32.0 Å². The van der Waals surface area contributed by atoms with Crippen molar-refractivity contribution in [1.29, 1.82) is 0 Å². The zero-order chi connectivity index (χ0) is 13.8. The molecule has 1 aromatic carbocycles. The van der Waals surface area contributed by atoms with Crippen molar-refractivity contribution in [3.05, 3.63) is 34.9 Å². The summed E-state index contributed by atoms with van der Waals surface area (Å²) in [6.07, 6.45) is 0.957. The molecule has 0 saturated carbocycles. The molecule has 4 heteroatoms. The van der Waals surface area contributed by atoms with Crippen LogP contribution in [0.5, 0.6) is 0 Å². The summed E-state index contributed by atoms with van der Waals surface area (Å²) in [5, 5.41) is 0.825. The molecule has 1 aliphatic rings. The second-order valence-corrected chi connectivity index (χ2v) is 5.83. The molecule has 1 aliphatic heterocycles. The van der Waals surface area contributed by atoms with E-state index in [-0.39, 0.29) is 12.1 Å². The van der Waals surface area contributed by atoms with E-state index in [2.05, 4.69) is 24.9 Å². The van der Waals surface area contributed by atoms with Crippen molar-refractivity contribution in [2.24, 2.45) is 11.7 Å². The minimum Gasteiger partial charge on any atom is -0.381 e. The van der Waals surface area contributed by atoms with E-state index in [1.807, 2.05) is 18.2 Å². The molecular formula is C15H23ClN2O. The van der Waals surface area contributed by atoms with E-state index in [0.717, 1.165) is 36.8 Å². The van der Waals surface area contributed by atoms with Crippen LogP contribution in [0.4, 0.5) is 0 Å². The lowest BCUT2D eigenvalue weighted by Gasteiger charge is -2.34. The summed E-state index contributed by atoms with van der Waals surface area (Å²) in [4.78, 5) is 2.31. The maximum Gasteiger partial charge on any atom is 0.0521 e. The first-order valence-corrected chi connectivity index (χ1v) is 7.25. The second-order valence-electron chi connectivity index (χ2n) is 5.42. The van der Waals surface area contributed by atoms with Crippen molar-refractivity contribution < 1.29 is 4.74 Å². The van der Waals surface area contributed by atoms with Crippen molar-refractivity contribution in [1.82, 2.24) is 4.90 Å². The highest BCUT2D eigenvalue weighted by atomic mass is 35.5. The number of rotatable bonds is 4. The third-order valence-electron chi connectivity index (χ3n) is 4.07. The molecule has 3 nitrogen and oxygen atoms in total. The number of halogens is 1. The summed E-state index contributed by atoms with van der Waals surface area (Å²) in [5.74, 6) is 0.406. The van der Waals surface area contributed by atoms with Crippen LogP contribution in [-0.2, 0) is 4.74 Å². The minimum absolute atomic E-state index is 0.245. The third kappa shape index (κ3) is 3.69. The van der Waals surface area contributed by atoms with E-state index < -0.39 is 0 Å². The summed E-state index contributed by atoms with van der Waals surface area (Å²) in [6, 6.07) is 8.54. The van der Waals surface area contributed by atoms with Gasteiger partial charge in [-0.1, -0.05) is 29.8 Å². The summed E-state index contributed by atoms with van der Waals surface area (Å²) in [7, 11) is 2.12. The van der Waals surface area contributed by atoms with Crippen LogP contribution < -0.4 is 5.73 Å². The number of hydrogen-bond donors (Lipinski definition) is 1. The van der Waals surface area contributed by atoms with Crippen molar-refractivity contribution in [3.63, 3.8) is 0 Å². The Morgan fingerprint density at radius 2 is 2.21 bits per heavy atom. The molecule has 1 heterocycles. The number of nitrogens with zero attached hydrogens (tertiary/aromatic N) is 1. The molecule has 19 heavy (non-hydrogen) atoms. The van der Waals surface area contributed by atoms with Gasteiger partial charge >= 0.3 is 0 Å². The molecule has 0 spiro atoms. The topological polar surface area (TPSA) is 38.5 Å². The van der Waals surface area contributed by atoms with Gasteiger partial charge in [0.05, 0.1) is 6.61 Å². The minimum atomic E-state index is 0.245. The lowest BCUT2D eigenvalue weighted by atomic mass is 9.95. The number of benzene rings is 1. The van der Waals surface area contributed by atoms with Crippen molar-refractivity contribution in [2.45, 2.75) is 25.4 Å². The highest BCUT2D eigenvalue weighted by Gasteiger charge is 2.25. The summed E-state index contributed by atoms with van der Waals surface area (Å²) < 4.78 is 5.53. The van der Waals surface area contributed by atoms with E-state index in [4.69, 9.17) is 22.1 Å². The van der Waals surface area contributed by atoms with Gasteiger partial charge in [-0.25, -0.2) is 0 Å². The largest absolute Gasteiger partial charge is 0.381 e. The summed E-state index contributed by atoms with van der Waals surface area (Å²) in [6.45, 7) is 4.67. The van der Waals surface area contributed by atoms with Crippen LogP contribution >= 0.6 is 11.6 Å². The van der Waals surface area contributed by atoms with Gasteiger partial charge in [0.15, 0.2) is 0 Å². The van der Waals surface area contributed by atoms with Crippen LogP contribution in [0.25, 0.3) is 0 Å². The van der Waals surface area contributed by atoms with E-state index in [9.17, 15) is 0 Å². The van der Waals surface area contributed by atoms with Crippen LogP contribution in [0, 0.1) is 5.92 Å². The van der Waals surface area contributed by atoms with Gasteiger partial charge in [-0.3, -0.25) is 4.90 Å². The normalized spacial score (nSPS) is 25.5. The SMILES string of the molecule is CC(c1ccccc1Cl)N(C)CC1COCCC1N. The smallest absolute Gasteiger partial charge is 0.0521 e. The molecule has 0 aliphatic carbocycles. The van der Waals surface area contributed by atoms with E-state index in [0.29, 0.717) is 5.92 Å². The Kier molecular flexibility index (Phi) is 5.22. The van der Waals surface area contributed by atoms with E-state index in [1.165, 1.54) is 0 Å². The van der Waals surface area contributed by atoms with Crippen LogP contribution in [0.2, 0.25) is 5.02 Å². The Hall–Kier alpha value is -0.610. The van der Waals surface area contributed by atoms with Gasteiger partial charge in [0.2, 0.25) is 0 Å². The van der Waals surface area contributed by atoms with Crippen LogP contribution in [0.1, 0.15) is 24.9 Å². The molecule has 1 fully saturated rings. The molecule has 1 aromatic rings. The Bertz CT molecular complexity index is 413.